The van der Waals surface area contributed by atoms with E-state index in [1.807, 2.05) is 30.3 Å². The number of fused-ring (bicyclic) bond motifs is 1. The third kappa shape index (κ3) is 4.05. The van der Waals surface area contributed by atoms with Crippen LogP contribution in [0.5, 0.6) is 0 Å². The number of aromatic nitrogens is 3. The molecule has 3 aromatic rings. The van der Waals surface area contributed by atoms with Crippen molar-refractivity contribution in [3.63, 3.8) is 0 Å². The lowest BCUT2D eigenvalue weighted by atomic mass is 10.1. The van der Waals surface area contributed by atoms with Crippen molar-refractivity contribution in [2.24, 2.45) is 0 Å². The Morgan fingerprint density at radius 3 is 2.61 bits per heavy atom. The number of rotatable bonds is 4. The third-order valence-corrected chi connectivity index (χ3v) is 5.56. The fourth-order valence-electron chi connectivity index (χ4n) is 3.43. The van der Waals surface area contributed by atoms with Crippen molar-refractivity contribution in [1.29, 1.82) is 0 Å². The van der Waals surface area contributed by atoms with Crippen molar-refractivity contribution in [3.8, 4) is 11.4 Å². The van der Waals surface area contributed by atoms with Gasteiger partial charge in [0, 0.05) is 36.3 Å². The van der Waals surface area contributed by atoms with Crippen LogP contribution in [0.4, 0.5) is 0 Å². The molecule has 2 N–H and O–H groups in total. The summed E-state index contributed by atoms with van der Waals surface area (Å²) in [7, 11) is -3.23. The summed E-state index contributed by atoms with van der Waals surface area (Å²) < 4.78 is 25.3. The van der Waals surface area contributed by atoms with Crippen LogP contribution >= 0.6 is 0 Å². The number of H-pyrrole nitrogens is 1. The topological polar surface area (TPSA) is 108 Å². The Bertz CT molecular complexity index is 1100. The monoisotopic (exact) mass is 399 g/mol. The van der Waals surface area contributed by atoms with E-state index in [1.54, 1.807) is 17.2 Å². The zero-order chi connectivity index (χ0) is 19.7. The van der Waals surface area contributed by atoms with Crippen LogP contribution in [0.15, 0.2) is 42.6 Å². The fourth-order valence-corrected chi connectivity index (χ4v) is 4.27. The Balaban J connectivity index is 1.49. The fraction of sp³-hybridized carbons (Fsp3) is 0.316. The summed E-state index contributed by atoms with van der Waals surface area (Å²) in [5.74, 6) is 0.485. The molecule has 1 aromatic carbocycles. The van der Waals surface area contributed by atoms with Gasteiger partial charge in [-0.05, 0) is 18.9 Å². The minimum Gasteiger partial charge on any atom is -0.337 e. The number of carbonyl (C=O) groups excluding carboxylic acids is 1. The molecule has 1 saturated heterocycles. The van der Waals surface area contributed by atoms with Crippen molar-refractivity contribution < 1.29 is 13.2 Å². The maximum Gasteiger partial charge on any atom is 0.270 e. The molecule has 1 aliphatic heterocycles. The molecule has 0 bridgehead atoms. The highest BCUT2D eigenvalue weighted by Crippen LogP contribution is 2.20. The van der Waals surface area contributed by atoms with Crippen molar-refractivity contribution >= 4 is 27.0 Å². The normalized spacial score (nSPS) is 15.8. The van der Waals surface area contributed by atoms with E-state index in [0.29, 0.717) is 43.1 Å². The number of piperidine rings is 1. The molecule has 1 amide bonds. The van der Waals surface area contributed by atoms with Crippen molar-refractivity contribution in [2.75, 3.05) is 19.3 Å². The molecular formula is C19H21N5O3S. The van der Waals surface area contributed by atoms with Gasteiger partial charge in [-0.15, -0.1) is 0 Å². The van der Waals surface area contributed by atoms with E-state index in [9.17, 15) is 13.2 Å². The zero-order valence-electron chi connectivity index (χ0n) is 15.4. The van der Waals surface area contributed by atoms with Gasteiger partial charge < -0.3 is 9.88 Å². The van der Waals surface area contributed by atoms with Gasteiger partial charge in [-0.1, -0.05) is 30.3 Å². The smallest absolute Gasteiger partial charge is 0.270 e. The number of sulfonamides is 1. The molecule has 0 saturated carbocycles. The minimum atomic E-state index is -3.23. The second kappa shape index (κ2) is 7.33. The Labute approximate surface area is 163 Å². The standard InChI is InChI=1S/C19H21N5O3S/c1-28(26,27)23-15-7-9-24(10-8-15)19(25)16-11-14-12-20-17(22-18(14)21-16)13-5-3-2-4-6-13/h2-6,11-12,15,23H,7-10H2,1H3,(H,20,21,22). The zero-order valence-corrected chi connectivity index (χ0v) is 16.2. The molecule has 4 rings (SSSR count). The van der Waals surface area contributed by atoms with E-state index < -0.39 is 10.0 Å². The highest BCUT2D eigenvalue weighted by atomic mass is 32.2. The van der Waals surface area contributed by atoms with E-state index in [-0.39, 0.29) is 11.9 Å². The van der Waals surface area contributed by atoms with Crippen molar-refractivity contribution in [1.82, 2.24) is 24.6 Å². The molecule has 0 unspecified atom stereocenters. The lowest BCUT2D eigenvalue weighted by Gasteiger charge is -2.31. The Kier molecular flexibility index (Phi) is 4.86. The molecule has 8 nitrogen and oxygen atoms in total. The van der Waals surface area contributed by atoms with Crippen LogP contribution < -0.4 is 4.72 Å². The Hall–Kier alpha value is -2.78. The van der Waals surface area contributed by atoms with Crippen molar-refractivity contribution in [2.45, 2.75) is 18.9 Å². The lowest BCUT2D eigenvalue weighted by Crippen LogP contribution is -2.46. The van der Waals surface area contributed by atoms with E-state index in [2.05, 4.69) is 19.7 Å². The van der Waals surface area contributed by atoms with Gasteiger partial charge in [-0.3, -0.25) is 4.79 Å². The molecule has 0 aliphatic carbocycles. The second-order valence-corrected chi connectivity index (χ2v) is 8.78. The maximum atomic E-state index is 12.8. The number of carbonyl (C=O) groups is 1. The van der Waals surface area contributed by atoms with Crippen LogP contribution in [0.25, 0.3) is 22.4 Å². The number of amides is 1. The highest BCUT2D eigenvalue weighted by molar-refractivity contribution is 7.88. The van der Waals surface area contributed by atoms with Gasteiger partial charge in [-0.2, -0.15) is 0 Å². The molecule has 3 heterocycles. The van der Waals surface area contributed by atoms with Gasteiger partial charge in [0.05, 0.1) is 6.26 Å². The number of nitrogens with one attached hydrogen (secondary N) is 2. The summed E-state index contributed by atoms with van der Waals surface area (Å²) in [5.41, 5.74) is 1.99. The molecule has 9 heteroatoms. The predicted molar refractivity (Wildman–Crippen MR) is 106 cm³/mol. The van der Waals surface area contributed by atoms with E-state index >= 15 is 0 Å². The molecule has 28 heavy (non-hydrogen) atoms. The average Bonchev–Trinajstić information content (AvgIpc) is 3.11. The summed E-state index contributed by atoms with van der Waals surface area (Å²) in [6, 6.07) is 11.3. The second-order valence-electron chi connectivity index (χ2n) is 7.00. The van der Waals surface area contributed by atoms with Crippen LogP contribution in [0.3, 0.4) is 0 Å². The van der Waals surface area contributed by atoms with Gasteiger partial charge in [0.15, 0.2) is 5.82 Å². The van der Waals surface area contributed by atoms with Gasteiger partial charge >= 0.3 is 0 Å². The first-order valence-corrected chi connectivity index (χ1v) is 11.0. The van der Waals surface area contributed by atoms with Gasteiger partial charge in [0.1, 0.15) is 11.3 Å². The lowest BCUT2D eigenvalue weighted by molar-refractivity contribution is 0.0706. The number of likely N-dealkylation sites (tertiary alicyclic amines) is 1. The van der Waals surface area contributed by atoms with Crippen LogP contribution in [-0.4, -0.2) is 59.6 Å². The minimum absolute atomic E-state index is 0.114. The molecule has 1 fully saturated rings. The summed E-state index contributed by atoms with van der Waals surface area (Å²) >= 11 is 0. The van der Waals surface area contributed by atoms with Gasteiger partial charge in [0.25, 0.3) is 5.91 Å². The molecule has 2 aromatic heterocycles. The first kappa shape index (κ1) is 18.6. The molecule has 146 valence electrons. The first-order valence-electron chi connectivity index (χ1n) is 9.07. The van der Waals surface area contributed by atoms with Gasteiger partial charge in [0.2, 0.25) is 10.0 Å². The Morgan fingerprint density at radius 1 is 1.21 bits per heavy atom. The molecular weight excluding hydrogens is 378 g/mol. The molecule has 0 radical (unpaired) electrons. The van der Waals surface area contributed by atoms with Crippen LogP contribution in [0.1, 0.15) is 23.3 Å². The number of hydrogen-bond acceptors (Lipinski definition) is 5. The quantitative estimate of drug-likeness (QED) is 0.695. The number of hydrogen-bond donors (Lipinski definition) is 2. The molecule has 0 atom stereocenters. The maximum absolute atomic E-state index is 12.8. The SMILES string of the molecule is CS(=O)(=O)NC1CCN(C(=O)c2cc3cnc(-c4ccccc4)nc3[nH]2)CC1. The number of nitrogens with zero attached hydrogens (tertiary/aromatic N) is 3. The number of aromatic amines is 1. The summed E-state index contributed by atoms with van der Waals surface area (Å²) in [6.45, 7) is 1.00. The highest BCUT2D eigenvalue weighted by Gasteiger charge is 2.26. The largest absolute Gasteiger partial charge is 0.337 e. The van der Waals surface area contributed by atoms with Gasteiger partial charge in [-0.25, -0.2) is 23.1 Å². The van der Waals surface area contributed by atoms with Crippen LogP contribution in [0.2, 0.25) is 0 Å². The van der Waals surface area contributed by atoms with E-state index in [4.69, 9.17) is 0 Å². The van der Waals surface area contributed by atoms with E-state index in [1.165, 1.54) is 0 Å². The summed E-state index contributed by atoms with van der Waals surface area (Å²) in [5, 5.41) is 0.775. The first-order chi connectivity index (χ1) is 13.4. The summed E-state index contributed by atoms with van der Waals surface area (Å²) in [4.78, 5) is 26.6. The Morgan fingerprint density at radius 2 is 1.93 bits per heavy atom. The predicted octanol–water partition coefficient (Wildman–Crippen LogP) is 1.78. The van der Waals surface area contributed by atoms with Crippen LogP contribution in [0, 0.1) is 0 Å². The van der Waals surface area contributed by atoms with E-state index in [0.717, 1.165) is 17.2 Å². The van der Waals surface area contributed by atoms with Crippen LogP contribution in [-0.2, 0) is 10.0 Å². The average molecular weight is 399 g/mol. The molecule has 0 spiro atoms. The summed E-state index contributed by atoms with van der Waals surface area (Å²) in [6.07, 6.45) is 4.05. The number of benzene rings is 1. The molecule has 1 aliphatic rings. The third-order valence-electron chi connectivity index (χ3n) is 4.80. The van der Waals surface area contributed by atoms with Crippen molar-refractivity contribution in [3.05, 3.63) is 48.3 Å².